The van der Waals surface area contributed by atoms with Gasteiger partial charge in [0.1, 0.15) is 23.0 Å². The minimum atomic E-state index is -0.643. The topological polar surface area (TPSA) is 80.3 Å². The number of nitrogens with one attached hydrogen (secondary N) is 2. The number of hydrogen-bond acceptors (Lipinski definition) is 4. The lowest BCUT2D eigenvalue weighted by atomic mass is 10.2. The van der Waals surface area contributed by atoms with Crippen molar-refractivity contribution in [1.29, 1.82) is 0 Å². The summed E-state index contributed by atoms with van der Waals surface area (Å²) >= 11 is 5.46. The van der Waals surface area contributed by atoms with Gasteiger partial charge in [0.05, 0.1) is 5.69 Å². The van der Waals surface area contributed by atoms with E-state index in [4.69, 9.17) is 16.3 Å². The molecule has 0 saturated heterocycles. The van der Waals surface area contributed by atoms with Crippen LogP contribution in [0.1, 0.15) is 16.9 Å². The standard InChI is InChI=1S/C16H15ClFN3O3/c1-19-16(23)14-9-11(5-7-20-14)24-10-2-3-13(12(18)8-10)21-15(22)4-6-17/h2-3,5,7-9H,4,6H2,1H3,(H,19,23)(H,21,22). The molecule has 6 nitrogen and oxygen atoms in total. The number of alkyl halides is 1. The minimum Gasteiger partial charge on any atom is -0.457 e. The quantitative estimate of drug-likeness (QED) is 0.784. The maximum atomic E-state index is 14.0. The maximum absolute atomic E-state index is 14.0. The highest BCUT2D eigenvalue weighted by Crippen LogP contribution is 2.25. The molecule has 126 valence electrons. The van der Waals surface area contributed by atoms with Gasteiger partial charge in [-0.05, 0) is 18.2 Å². The van der Waals surface area contributed by atoms with Gasteiger partial charge in [0.15, 0.2) is 0 Å². The first kappa shape index (κ1) is 17.7. The van der Waals surface area contributed by atoms with Crippen LogP contribution in [-0.2, 0) is 4.79 Å². The van der Waals surface area contributed by atoms with Crippen LogP contribution < -0.4 is 15.4 Å². The van der Waals surface area contributed by atoms with Gasteiger partial charge in [-0.3, -0.25) is 14.6 Å². The molecule has 2 amide bonds. The summed E-state index contributed by atoms with van der Waals surface area (Å²) in [5, 5.41) is 4.87. The van der Waals surface area contributed by atoms with E-state index in [1.165, 1.54) is 31.4 Å². The molecule has 2 aromatic rings. The van der Waals surface area contributed by atoms with Gasteiger partial charge < -0.3 is 15.4 Å². The van der Waals surface area contributed by atoms with Gasteiger partial charge in [0.2, 0.25) is 5.91 Å². The monoisotopic (exact) mass is 351 g/mol. The van der Waals surface area contributed by atoms with Crippen LogP contribution in [0.3, 0.4) is 0 Å². The Hall–Kier alpha value is -2.67. The second kappa shape index (κ2) is 8.26. The van der Waals surface area contributed by atoms with Gasteiger partial charge in [-0.25, -0.2) is 4.39 Å². The lowest BCUT2D eigenvalue weighted by molar-refractivity contribution is -0.115. The van der Waals surface area contributed by atoms with Crippen molar-refractivity contribution < 1.29 is 18.7 Å². The summed E-state index contributed by atoms with van der Waals surface area (Å²) in [6.07, 6.45) is 1.51. The van der Waals surface area contributed by atoms with E-state index in [2.05, 4.69) is 15.6 Å². The molecular formula is C16H15ClFN3O3. The fraction of sp³-hybridized carbons (Fsp3) is 0.188. The largest absolute Gasteiger partial charge is 0.457 e. The zero-order valence-corrected chi connectivity index (χ0v) is 13.6. The van der Waals surface area contributed by atoms with Gasteiger partial charge in [0, 0.05) is 37.7 Å². The van der Waals surface area contributed by atoms with Gasteiger partial charge in [-0.15, -0.1) is 11.6 Å². The van der Waals surface area contributed by atoms with Crippen molar-refractivity contribution in [2.24, 2.45) is 0 Å². The number of rotatable bonds is 6. The highest BCUT2D eigenvalue weighted by molar-refractivity contribution is 6.19. The fourth-order valence-corrected chi connectivity index (χ4v) is 1.99. The molecule has 8 heteroatoms. The van der Waals surface area contributed by atoms with Crippen LogP contribution in [0.4, 0.5) is 10.1 Å². The molecule has 0 bridgehead atoms. The van der Waals surface area contributed by atoms with Crippen LogP contribution in [0.5, 0.6) is 11.5 Å². The Labute approximate surface area is 143 Å². The maximum Gasteiger partial charge on any atom is 0.269 e. The van der Waals surface area contributed by atoms with Crippen molar-refractivity contribution in [1.82, 2.24) is 10.3 Å². The van der Waals surface area contributed by atoms with Crippen molar-refractivity contribution in [2.45, 2.75) is 6.42 Å². The fourth-order valence-electron chi connectivity index (χ4n) is 1.82. The molecule has 0 spiro atoms. The van der Waals surface area contributed by atoms with Crippen molar-refractivity contribution in [3.8, 4) is 11.5 Å². The van der Waals surface area contributed by atoms with Crippen molar-refractivity contribution >= 4 is 29.1 Å². The average molecular weight is 352 g/mol. The Morgan fingerprint density at radius 2 is 2.00 bits per heavy atom. The third kappa shape index (κ3) is 4.66. The Kier molecular flexibility index (Phi) is 6.08. The molecule has 0 radical (unpaired) electrons. The van der Waals surface area contributed by atoms with E-state index >= 15 is 0 Å². The average Bonchev–Trinajstić information content (AvgIpc) is 2.57. The minimum absolute atomic E-state index is 0.0400. The summed E-state index contributed by atoms with van der Waals surface area (Å²) in [7, 11) is 1.49. The summed E-state index contributed by atoms with van der Waals surface area (Å²) in [5.74, 6) is -0.662. The summed E-state index contributed by atoms with van der Waals surface area (Å²) < 4.78 is 19.5. The third-order valence-electron chi connectivity index (χ3n) is 2.96. The van der Waals surface area contributed by atoms with Gasteiger partial charge >= 0.3 is 0 Å². The van der Waals surface area contributed by atoms with Gasteiger partial charge in [-0.2, -0.15) is 0 Å². The van der Waals surface area contributed by atoms with E-state index < -0.39 is 5.82 Å². The summed E-state index contributed by atoms with van der Waals surface area (Å²) in [4.78, 5) is 26.9. The second-order valence-electron chi connectivity index (χ2n) is 4.69. The normalized spacial score (nSPS) is 10.1. The van der Waals surface area contributed by atoms with E-state index in [9.17, 15) is 14.0 Å². The summed E-state index contributed by atoms with van der Waals surface area (Å²) in [6.45, 7) is 0. The first-order valence-electron chi connectivity index (χ1n) is 7.05. The molecule has 24 heavy (non-hydrogen) atoms. The number of carbonyl (C=O) groups excluding carboxylic acids is 2. The van der Waals surface area contributed by atoms with Crippen LogP contribution in [0.2, 0.25) is 0 Å². The van der Waals surface area contributed by atoms with Crippen LogP contribution in [-0.4, -0.2) is 29.7 Å². The molecule has 0 fully saturated rings. The van der Waals surface area contributed by atoms with Crippen molar-refractivity contribution in [3.05, 3.63) is 48.0 Å². The highest BCUT2D eigenvalue weighted by Gasteiger charge is 2.10. The van der Waals surface area contributed by atoms with Crippen LogP contribution in [0.25, 0.3) is 0 Å². The van der Waals surface area contributed by atoms with E-state index in [-0.39, 0.29) is 41.2 Å². The third-order valence-corrected chi connectivity index (χ3v) is 3.15. The second-order valence-corrected chi connectivity index (χ2v) is 5.06. The Bertz CT molecular complexity index is 755. The van der Waals surface area contributed by atoms with Crippen LogP contribution >= 0.6 is 11.6 Å². The zero-order chi connectivity index (χ0) is 17.5. The Balaban J connectivity index is 2.12. The number of carbonyl (C=O) groups is 2. The lowest BCUT2D eigenvalue weighted by Crippen LogP contribution is -2.18. The van der Waals surface area contributed by atoms with E-state index in [0.29, 0.717) is 5.75 Å². The number of anilines is 1. The number of ether oxygens (including phenoxy) is 1. The number of amides is 2. The molecule has 1 aromatic heterocycles. The number of hydrogen-bond donors (Lipinski definition) is 2. The molecule has 1 heterocycles. The number of aromatic nitrogens is 1. The van der Waals surface area contributed by atoms with E-state index in [0.717, 1.165) is 6.07 Å². The number of pyridine rings is 1. The predicted octanol–water partition coefficient (Wildman–Crippen LogP) is 2.94. The number of nitrogens with zero attached hydrogens (tertiary/aromatic N) is 1. The van der Waals surface area contributed by atoms with Gasteiger partial charge in [0.25, 0.3) is 5.91 Å². The Morgan fingerprint density at radius 3 is 2.67 bits per heavy atom. The van der Waals surface area contributed by atoms with Crippen LogP contribution in [0, 0.1) is 5.82 Å². The molecule has 1 aromatic carbocycles. The molecule has 2 rings (SSSR count). The van der Waals surface area contributed by atoms with E-state index in [1.807, 2.05) is 0 Å². The van der Waals surface area contributed by atoms with Crippen molar-refractivity contribution in [3.63, 3.8) is 0 Å². The van der Waals surface area contributed by atoms with E-state index in [1.54, 1.807) is 6.07 Å². The SMILES string of the molecule is CNC(=O)c1cc(Oc2ccc(NC(=O)CCCl)c(F)c2)ccn1. The predicted molar refractivity (Wildman–Crippen MR) is 88.1 cm³/mol. The molecule has 0 aliphatic heterocycles. The first-order chi connectivity index (χ1) is 11.5. The molecule has 0 atom stereocenters. The molecule has 0 aliphatic rings. The summed E-state index contributed by atoms with van der Waals surface area (Å²) in [6, 6.07) is 7.00. The smallest absolute Gasteiger partial charge is 0.269 e. The van der Waals surface area contributed by atoms with Crippen LogP contribution in [0.15, 0.2) is 36.5 Å². The molecule has 0 unspecified atom stereocenters. The highest BCUT2D eigenvalue weighted by atomic mass is 35.5. The molecule has 0 aliphatic carbocycles. The molecular weight excluding hydrogens is 337 g/mol. The van der Waals surface area contributed by atoms with Gasteiger partial charge in [-0.1, -0.05) is 0 Å². The van der Waals surface area contributed by atoms with Crippen molar-refractivity contribution in [2.75, 3.05) is 18.2 Å². The first-order valence-corrected chi connectivity index (χ1v) is 7.58. The molecule has 0 saturated carbocycles. The number of benzene rings is 1. The number of halogens is 2. The zero-order valence-electron chi connectivity index (χ0n) is 12.8. The molecule has 2 N–H and O–H groups in total. The Morgan fingerprint density at radius 1 is 1.25 bits per heavy atom. The summed E-state index contributed by atoms with van der Waals surface area (Å²) in [5.41, 5.74) is 0.221. The lowest BCUT2D eigenvalue weighted by Gasteiger charge is -2.09.